The minimum atomic E-state index is -0.600. The molecule has 7 nitrogen and oxygen atoms in total. The number of rotatable bonds is 3. The maximum atomic E-state index is 12.1. The highest BCUT2D eigenvalue weighted by molar-refractivity contribution is 6.36. The van der Waals surface area contributed by atoms with E-state index in [4.69, 9.17) is 16.3 Å². The van der Waals surface area contributed by atoms with E-state index in [1.54, 1.807) is 19.1 Å². The van der Waals surface area contributed by atoms with Crippen molar-refractivity contribution in [3.8, 4) is 0 Å². The average molecular weight is 383 g/mol. The number of carbonyl (C=O) groups excluding carboxylic acids is 2. The second-order valence-electron chi connectivity index (χ2n) is 5.92. The molecule has 1 aliphatic heterocycles. The van der Waals surface area contributed by atoms with Crippen molar-refractivity contribution in [3.05, 3.63) is 58.1 Å². The van der Waals surface area contributed by atoms with Gasteiger partial charge in [0, 0.05) is 16.7 Å². The smallest absolute Gasteiger partial charge is 0.413 e. The van der Waals surface area contributed by atoms with Crippen LogP contribution in [0.15, 0.2) is 41.4 Å². The monoisotopic (exact) mass is 382 g/mol. The van der Waals surface area contributed by atoms with Crippen molar-refractivity contribution in [1.29, 1.82) is 0 Å². The number of hydrogen-bond acceptors (Lipinski definition) is 5. The molecule has 0 aliphatic carbocycles. The molecular formula is C19H15ClN4O3. The van der Waals surface area contributed by atoms with E-state index >= 15 is 0 Å². The normalized spacial score (nSPS) is 13.3. The lowest BCUT2D eigenvalue weighted by Crippen LogP contribution is -2.19. The van der Waals surface area contributed by atoms with E-state index in [2.05, 4.69) is 20.3 Å². The number of ether oxygens (including phenoxy) is 1. The molecule has 136 valence electrons. The van der Waals surface area contributed by atoms with Crippen molar-refractivity contribution < 1.29 is 14.3 Å². The van der Waals surface area contributed by atoms with Gasteiger partial charge in [0.05, 0.1) is 22.9 Å². The molecule has 0 spiro atoms. The van der Waals surface area contributed by atoms with Gasteiger partial charge in [-0.2, -0.15) is 0 Å². The highest BCUT2D eigenvalue weighted by atomic mass is 35.5. The number of carbonyl (C=O) groups is 2. The maximum Gasteiger partial charge on any atom is 0.413 e. The van der Waals surface area contributed by atoms with Gasteiger partial charge in [-0.3, -0.25) is 15.1 Å². The Morgan fingerprint density at radius 1 is 1.30 bits per heavy atom. The summed E-state index contributed by atoms with van der Waals surface area (Å²) in [5, 5.41) is 2.93. The van der Waals surface area contributed by atoms with E-state index in [1.807, 2.05) is 24.3 Å². The molecular weight excluding hydrogens is 368 g/mol. The van der Waals surface area contributed by atoms with E-state index < -0.39 is 6.09 Å². The number of hydrogen-bond donors (Lipinski definition) is 2. The van der Waals surface area contributed by atoms with Gasteiger partial charge in [0.15, 0.2) is 5.78 Å². The molecule has 0 atom stereocenters. The summed E-state index contributed by atoms with van der Waals surface area (Å²) in [4.78, 5) is 35.4. The predicted molar refractivity (Wildman–Crippen MR) is 103 cm³/mol. The van der Waals surface area contributed by atoms with Gasteiger partial charge in [-0.05, 0) is 19.1 Å². The van der Waals surface area contributed by atoms with Crippen LogP contribution in [-0.2, 0) is 4.74 Å². The number of aromatic nitrogens is 2. The van der Waals surface area contributed by atoms with Crippen LogP contribution in [0.25, 0.3) is 11.0 Å². The SMILES string of the molecule is CCOC(=O)Nc1nc2c(Cl)cc(C3=NCC(=O)c4ccccc43)cc2[nH]1. The number of H-pyrrole nitrogens is 1. The number of Topliss-reactive ketones (excluding diaryl/α,β-unsaturated/α-hetero) is 1. The van der Waals surface area contributed by atoms with E-state index in [-0.39, 0.29) is 24.9 Å². The van der Waals surface area contributed by atoms with Crippen LogP contribution < -0.4 is 5.32 Å². The quantitative estimate of drug-likeness (QED) is 0.719. The number of nitrogens with one attached hydrogen (secondary N) is 2. The van der Waals surface area contributed by atoms with Gasteiger partial charge in [0.1, 0.15) is 12.1 Å². The molecule has 1 aromatic heterocycles. The topological polar surface area (TPSA) is 96.4 Å². The molecule has 2 N–H and O–H groups in total. The summed E-state index contributed by atoms with van der Waals surface area (Å²) in [5.74, 6) is 0.229. The molecule has 1 amide bonds. The zero-order valence-corrected chi connectivity index (χ0v) is 15.1. The Morgan fingerprint density at radius 2 is 2.07 bits per heavy atom. The third kappa shape index (κ3) is 3.17. The second-order valence-corrected chi connectivity index (χ2v) is 6.33. The molecule has 0 bridgehead atoms. The molecule has 0 fully saturated rings. The van der Waals surface area contributed by atoms with Crippen molar-refractivity contribution >= 4 is 46.2 Å². The zero-order valence-electron chi connectivity index (χ0n) is 14.4. The maximum absolute atomic E-state index is 12.1. The number of benzene rings is 2. The van der Waals surface area contributed by atoms with Crippen molar-refractivity contribution in [3.63, 3.8) is 0 Å². The number of fused-ring (bicyclic) bond motifs is 2. The zero-order chi connectivity index (χ0) is 19.0. The molecule has 2 aromatic carbocycles. The first kappa shape index (κ1) is 17.2. The van der Waals surface area contributed by atoms with Crippen LogP contribution >= 0.6 is 11.6 Å². The fourth-order valence-electron chi connectivity index (χ4n) is 3.04. The van der Waals surface area contributed by atoms with Crippen molar-refractivity contribution in [2.24, 2.45) is 4.99 Å². The minimum absolute atomic E-state index is 0.0102. The van der Waals surface area contributed by atoms with Crippen LogP contribution in [0.4, 0.5) is 10.7 Å². The third-order valence-corrected chi connectivity index (χ3v) is 4.46. The lowest BCUT2D eigenvalue weighted by molar-refractivity contribution is 0.1000. The van der Waals surface area contributed by atoms with Crippen molar-refractivity contribution in [2.75, 3.05) is 18.5 Å². The van der Waals surface area contributed by atoms with Crippen LogP contribution in [0.5, 0.6) is 0 Å². The number of ketones is 1. The number of aliphatic imine (C=N–C) groups is 1. The first-order chi connectivity index (χ1) is 13.1. The Labute approximate surface area is 159 Å². The average Bonchev–Trinajstić information content (AvgIpc) is 3.05. The van der Waals surface area contributed by atoms with Crippen LogP contribution in [0.3, 0.4) is 0 Å². The fraction of sp³-hybridized carbons (Fsp3) is 0.158. The largest absolute Gasteiger partial charge is 0.450 e. The van der Waals surface area contributed by atoms with Crippen LogP contribution in [0.1, 0.15) is 28.4 Å². The summed E-state index contributed by atoms with van der Waals surface area (Å²) >= 11 is 6.40. The molecule has 4 rings (SSSR count). The van der Waals surface area contributed by atoms with Crippen LogP contribution in [0, 0.1) is 0 Å². The Hall–Kier alpha value is -3.19. The number of amides is 1. The minimum Gasteiger partial charge on any atom is -0.450 e. The van der Waals surface area contributed by atoms with Gasteiger partial charge >= 0.3 is 6.09 Å². The van der Waals surface area contributed by atoms with Gasteiger partial charge < -0.3 is 9.72 Å². The Balaban J connectivity index is 1.76. The molecule has 0 saturated heterocycles. The Morgan fingerprint density at radius 3 is 2.85 bits per heavy atom. The van der Waals surface area contributed by atoms with Crippen molar-refractivity contribution in [2.45, 2.75) is 6.92 Å². The number of anilines is 1. The van der Waals surface area contributed by atoms with Gasteiger partial charge in [0.2, 0.25) is 5.95 Å². The summed E-state index contributed by atoms with van der Waals surface area (Å²) in [6, 6.07) is 11.0. The predicted octanol–water partition coefficient (Wildman–Crippen LogP) is 3.82. The summed E-state index contributed by atoms with van der Waals surface area (Å²) < 4.78 is 4.85. The summed E-state index contributed by atoms with van der Waals surface area (Å²) in [6.45, 7) is 2.07. The molecule has 27 heavy (non-hydrogen) atoms. The molecule has 3 aromatic rings. The number of nitrogens with zero attached hydrogens (tertiary/aromatic N) is 2. The standard InChI is InChI=1S/C19H15ClN4O3/c1-2-27-19(26)24-18-22-14-8-10(7-13(20)17(14)23-18)16-12-6-4-3-5-11(12)15(25)9-21-16/h3-8H,2,9H2,1H3,(H2,22,23,24,26). The second kappa shape index (κ2) is 6.85. The molecule has 1 aliphatic rings. The number of aromatic amines is 1. The molecule has 0 unspecified atom stereocenters. The first-order valence-corrected chi connectivity index (χ1v) is 8.75. The van der Waals surface area contributed by atoms with Gasteiger partial charge in [0.25, 0.3) is 0 Å². The highest BCUT2D eigenvalue weighted by Crippen LogP contribution is 2.28. The Kier molecular flexibility index (Phi) is 4.37. The van der Waals surface area contributed by atoms with E-state index in [0.29, 0.717) is 27.3 Å². The van der Waals surface area contributed by atoms with E-state index in [9.17, 15) is 9.59 Å². The van der Waals surface area contributed by atoms with E-state index in [1.165, 1.54) is 0 Å². The molecule has 0 radical (unpaired) electrons. The van der Waals surface area contributed by atoms with E-state index in [0.717, 1.165) is 11.1 Å². The lowest BCUT2D eigenvalue weighted by Gasteiger charge is -2.16. The van der Waals surface area contributed by atoms with Gasteiger partial charge in [-0.1, -0.05) is 35.9 Å². The highest BCUT2D eigenvalue weighted by Gasteiger charge is 2.22. The Bertz CT molecular complexity index is 1100. The molecule has 0 saturated carbocycles. The summed E-state index contributed by atoms with van der Waals surface area (Å²) in [7, 11) is 0. The molecule has 2 heterocycles. The number of halogens is 1. The summed E-state index contributed by atoms with van der Waals surface area (Å²) in [5.41, 5.74) is 4.04. The van der Waals surface area contributed by atoms with Crippen LogP contribution in [-0.4, -0.2) is 40.7 Å². The fourth-order valence-corrected chi connectivity index (χ4v) is 3.30. The third-order valence-electron chi connectivity index (χ3n) is 4.17. The first-order valence-electron chi connectivity index (χ1n) is 8.37. The lowest BCUT2D eigenvalue weighted by atomic mass is 9.92. The van der Waals surface area contributed by atoms with Gasteiger partial charge in [-0.15, -0.1) is 0 Å². The summed E-state index contributed by atoms with van der Waals surface area (Å²) in [6.07, 6.45) is -0.600. The van der Waals surface area contributed by atoms with Gasteiger partial charge in [-0.25, -0.2) is 9.78 Å². The number of imidazole rings is 1. The van der Waals surface area contributed by atoms with Crippen LogP contribution in [0.2, 0.25) is 5.02 Å². The molecule has 8 heteroatoms. The van der Waals surface area contributed by atoms with Crippen molar-refractivity contribution in [1.82, 2.24) is 9.97 Å².